The molecule has 0 saturated carbocycles. The van der Waals surface area contributed by atoms with E-state index in [0.29, 0.717) is 5.75 Å². The van der Waals surface area contributed by atoms with Crippen molar-refractivity contribution in [1.29, 1.82) is 0 Å². The van der Waals surface area contributed by atoms with E-state index in [1.54, 1.807) is 31.4 Å². The predicted molar refractivity (Wildman–Crippen MR) is 78.7 cm³/mol. The zero-order valence-corrected chi connectivity index (χ0v) is 11.9. The van der Waals surface area contributed by atoms with Crippen molar-refractivity contribution in [3.8, 4) is 5.75 Å². The maximum atomic E-state index is 12.8. The average molecular weight is 302 g/mol. The minimum Gasteiger partial charge on any atom is -0.497 e. The van der Waals surface area contributed by atoms with E-state index in [-0.39, 0.29) is 17.9 Å². The van der Waals surface area contributed by atoms with Gasteiger partial charge < -0.3 is 4.74 Å². The summed E-state index contributed by atoms with van der Waals surface area (Å²) in [5, 5.41) is 0. The van der Waals surface area contributed by atoms with Gasteiger partial charge in [0.15, 0.2) is 0 Å². The first-order valence-electron chi connectivity index (χ1n) is 6.56. The Bertz CT molecular complexity index is 654. The standard InChI is InChI=1S/C16H15FN2O3/c1-22-14-8-2-11(3-9-14)10-15(20)18-19-16(21)12-4-6-13(17)7-5-12/h2-9H,10H2,1H3,(H,18,20)(H,19,21). The van der Waals surface area contributed by atoms with Gasteiger partial charge in [0.2, 0.25) is 5.91 Å². The lowest BCUT2D eigenvalue weighted by molar-refractivity contribution is -0.121. The van der Waals surface area contributed by atoms with Crippen molar-refractivity contribution >= 4 is 11.8 Å². The van der Waals surface area contributed by atoms with Crippen molar-refractivity contribution in [2.45, 2.75) is 6.42 Å². The molecule has 22 heavy (non-hydrogen) atoms. The summed E-state index contributed by atoms with van der Waals surface area (Å²) in [6.07, 6.45) is 0.119. The zero-order valence-electron chi connectivity index (χ0n) is 11.9. The Morgan fingerprint density at radius 3 is 2.23 bits per heavy atom. The van der Waals surface area contributed by atoms with E-state index in [0.717, 1.165) is 5.56 Å². The molecule has 2 aromatic carbocycles. The molecule has 0 aliphatic heterocycles. The number of carbonyl (C=O) groups is 2. The summed E-state index contributed by atoms with van der Waals surface area (Å²) in [6.45, 7) is 0. The summed E-state index contributed by atoms with van der Waals surface area (Å²) < 4.78 is 17.8. The number of nitrogens with one attached hydrogen (secondary N) is 2. The molecule has 2 amide bonds. The lowest BCUT2D eigenvalue weighted by Gasteiger charge is -2.08. The topological polar surface area (TPSA) is 67.4 Å². The molecule has 0 fully saturated rings. The van der Waals surface area contributed by atoms with E-state index in [1.807, 2.05) is 0 Å². The van der Waals surface area contributed by atoms with Crippen LogP contribution in [0.25, 0.3) is 0 Å². The largest absolute Gasteiger partial charge is 0.497 e. The van der Waals surface area contributed by atoms with E-state index < -0.39 is 11.7 Å². The van der Waals surface area contributed by atoms with Crippen molar-refractivity contribution in [1.82, 2.24) is 10.9 Å². The van der Waals surface area contributed by atoms with Gasteiger partial charge in [-0.25, -0.2) is 4.39 Å². The van der Waals surface area contributed by atoms with Gasteiger partial charge in [0.1, 0.15) is 11.6 Å². The predicted octanol–water partition coefficient (Wildman–Crippen LogP) is 1.84. The number of halogens is 1. The van der Waals surface area contributed by atoms with Crippen molar-refractivity contribution in [3.63, 3.8) is 0 Å². The van der Waals surface area contributed by atoms with Gasteiger partial charge >= 0.3 is 0 Å². The van der Waals surface area contributed by atoms with Crippen LogP contribution in [0.2, 0.25) is 0 Å². The molecule has 0 aliphatic rings. The van der Waals surface area contributed by atoms with Gasteiger partial charge in [-0.3, -0.25) is 20.4 Å². The fourth-order valence-corrected chi connectivity index (χ4v) is 1.77. The highest BCUT2D eigenvalue weighted by atomic mass is 19.1. The summed E-state index contributed by atoms with van der Waals surface area (Å²) in [5.41, 5.74) is 5.63. The van der Waals surface area contributed by atoms with Crippen molar-refractivity contribution in [2.75, 3.05) is 7.11 Å². The molecule has 2 aromatic rings. The molecule has 0 unspecified atom stereocenters. The van der Waals surface area contributed by atoms with Crippen molar-refractivity contribution < 1.29 is 18.7 Å². The van der Waals surface area contributed by atoms with Crippen LogP contribution in [0, 0.1) is 5.82 Å². The van der Waals surface area contributed by atoms with Crippen LogP contribution >= 0.6 is 0 Å². The second-order valence-corrected chi connectivity index (χ2v) is 4.53. The lowest BCUT2D eigenvalue weighted by atomic mass is 10.1. The Morgan fingerprint density at radius 1 is 1.00 bits per heavy atom. The molecule has 0 radical (unpaired) electrons. The minimum atomic E-state index is -0.511. The second-order valence-electron chi connectivity index (χ2n) is 4.53. The number of benzene rings is 2. The van der Waals surface area contributed by atoms with Gasteiger partial charge in [-0.05, 0) is 42.0 Å². The van der Waals surface area contributed by atoms with Gasteiger partial charge in [-0.15, -0.1) is 0 Å². The zero-order chi connectivity index (χ0) is 15.9. The normalized spacial score (nSPS) is 9.91. The van der Waals surface area contributed by atoms with Crippen LogP contribution in [0.4, 0.5) is 4.39 Å². The Morgan fingerprint density at radius 2 is 1.64 bits per heavy atom. The first-order valence-corrected chi connectivity index (χ1v) is 6.56. The molecular weight excluding hydrogens is 287 g/mol. The summed E-state index contributed by atoms with van der Waals surface area (Å²) in [7, 11) is 1.56. The van der Waals surface area contributed by atoms with Crippen LogP contribution in [-0.2, 0) is 11.2 Å². The highest BCUT2D eigenvalue weighted by Gasteiger charge is 2.08. The third-order valence-electron chi connectivity index (χ3n) is 2.95. The van der Waals surface area contributed by atoms with E-state index in [4.69, 9.17) is 4.74 Å². The van der Waals surface area contributed by atoms with Gasteiger partial charge in [0.25, 0.3) is 5.91 Å². The molecule has 0 aromatic heterocycles. The van der Waals surface area contributed by atoms with Gasteiger partial charge in [0.05, 0.1) is 13.5 Å². The Hall–Kier alpha value is -2.89. The lowest BCUT2D eigenvalue weighted by Crippen LogP contribution is -2.42. The number of hydrogen-bond donors (Lipinski definition) is 2. The quantitative estimate of drug-likeness (QED) is 0.847. The third kappa shape index (κ3) is 4.31. The highest BCUT2D eigenvalue weighted by Crippen LogP contribution is 2.11. The maximum Gasteiger partial charge on any atom is 0.269 e. The molecular formula is C16H15FN2O3. The third-order valence-corrected chi connectivity index (χ3v) is 2.95. The van der Waals surface area contributed by atoms with Crippen LogP contribution in [-0.4, -0.2) is 18.9 Å². The van der Waals surface area contributed by atoms with Gasteiger partial charge in [-0.1, -0.05) is 12.1 Å². The fourth-order valence-electron chi connectivity index (χ4n) is 1.77. The molecule has 0 spiro atoms. The van der Waals surface area contributed by atoms with E-state index in [9.17, 15) is 14.0 Å². The maximum absolute atomic E-state index is 12.8. The van der Waals surface area contributed by atoms with E-state index in [1.165, 1.54) is 24.3 Å². The van der Waals surface area contributed by atoms with E-state index in [2.05, 4.69) is 10.9 Å². The van der Waals surface area contributed by atoms with Crippen LogP contribution in [0.5, 0.6) is 5.75 Å². The monoisotopic (exact) mass is 302 g/mol. The summed E-state index contributed by atoms with van der Waals surface area (Å²) in [5.74, 6) is -0.599. The van der Waals surface area contributed by atoms with E-state index >= 15 is 0 Å². The smallest absolute Gasteiger partial charge is 0.269 e. The molecule has 0 aliphatic carbocycles. The average Bonchev–Trinajstić information content (AvgIpc) is 2.54. The molecule has 5 nitrogen and oxygen atoms in total. The van der Waals surface area contributed by atoms with Crippen molar-refractivity contribution in [3.05, 3.63) is 65.5 Å². The molecule has 2 rings (SSSR count). The second kappa shape index (κ2) is 7.21. The molecule has 0 bridgehead atoms. The molecule has 6 heteroatoms. The number of hydrazine groups is 1. The molecule has 0 atom stereocenters. The molecule has 0 saturated heterocycles. The number of ether oxygens (including phenoxy) is 1. The minimum absolute atomic E-state index is 0.119. The SMILES string of the molecule is COc1ccc(CC(=O)NNC(=O)c2ccc(F)cc2)cc1. The number of methoxy groups -OCH3 is 1. The first kappa shape index (κ1) is 15.5. The highest BCUT2D eigenvalue weighted by molar-refractivity contribution is 5.95. The Kier molecular flexibility index (Phi) is 5.08. The van der Waals surface area contributed by atoms with Crippen LogP contribution in [0.15, 0.2) is 48.5 Å². The van der Waals surface area contributed by atoms with Crippen LogP contribution in [0.1, 0.15) is 15.9 Å². The Balaban J connectivity index is 1.84. The summed E-state index contributed by atoms with van der Waals surface area (Å²) in [4.78, 5) is 23.5. The Labute approximate surface area is 127 Å². The number of hydrogen-bond acceptors (Lipinski definition) is 3. The summed E-state index contributed by atoms with van der Waals surface area (Å²) >= 11 is 0. The van der Waals surface area contributed by atoms with Gasteiger partial charge in [-0.2, -0.15) is 0 Å². The first-order chi connectivity index (χ1) is 10.6. The molecule has 2 N–H and O–H groups in total. The molecule has 0 heterocycles. The van der Waals surface area contributed by atoms with Crippen molar-refractivity contribution in [2.24, 2.45) is 0 Å². The number of rotatable bonds is 4. The summed E-state index contributed by atoms with van der Waals surface area (Å²) in [6, 6.07) is 12.0. The van der Waals surface area contributed by atoms with Gasteiger partial charge in [0, 0.05) is 5.56 Å². The number of amides is 2. The fraction of sp³-hybridized carbons (Fsp3) is 0.125. The number of carbonyl (C=O) groups excluding carboxylic acids is 2. The van der Waals surface area contributed by atoms with Crippen LogP contribution < -0.4 is 15.6 Å². The van der Waals surface area contributed by atoms with Crippen LogP contribution in [0.3, 0.4) is 0 Å². The molecule has 114 valence electrons.